The number of halogens is 1. The van der Waals surface area contributed by atoms with E-state index in [4.69, 9.17) is 11.6 Å². The van der Waals surface area contributed by atoms with Crippen LogP contribution in [0.2, 0.25) is 5.02 Å². The molecular formula is C15H20ClNO2. The second-order valence-electron chi connectivity index (χ2n) is 5.20. The highest BCUT2D eigenvalue weighted by Crippen LogP contribution is 2.21. The van der Waals surface area contributed by atoms with Crippen LogP contribution in [0.5, 0.6) is 0 Å². The molecule has 0 saturated carbocycles. The maximum absolute atomic E-state index is 12.6. The van der Waals surface area contributed by atoms with E-state index in [1.165, 1.54) is 0 Å². The fourth-order valence-electron chi connectivity index (χ4n) is 2.66. The van der Waals surface area contributed by atoms with E-state index in [0.717, 1.165) is 37.8 Å². The van der Waals surface area contributed by atoms with Crippen LogP contribution in [0.4, 0.5) is 0 Å². The normalized spacial score (nSPS) is 20.2. The van der Waals surface area contributed by atoms with Gasteiger partial charge >= 0.3 is 0 Å². The number of nitrogens with zero attached hydrogens (tertiary/aromatic N) is 1. The molecule has 19 heavy (non-hydrogen) atoms. The Balaban J connectivity index is 2.25. The van der Waals surface area contributed by atoms with Gasteiger partial charge in [-0.25, -0.2) is 0 Å². The van der Waals surface area contributed by atoms with Crippen LogP contribution >= 0.6 is 11.6 Å². The Hall–Kier alpha value is -1.06. The summed E-state index contributed by atoms with van der Waals surface area (Å²) in [6.07, 6.45) is 4.07. The summed E-state index contributed by atoms with van der Waals surface area (Å²) in [6, 6.07) is 5.34. The van der Waals surface area contributed by atoms with Crippen LogP contribution in [-0.2, 0) is 0 Å². The molecule has 0 bridgehead atoms. The third-order valence-corrected chi connectivity index (χ3v) is 3.86. The van der Waals surface area contributed by atoms with E-state index in [1.807, 2.05) is 19.1 Å². The number of amides is 1. The van der Waals surface area contributed by atoms with Crippen molar-refractivity contribution in [2.24, 2.45) is 0 Å². The fourth-order valence-corrected chi connectivity index (χ4v) is 2.95. The van der Waals surface area contributed by atoms with Gasteiger partial charge in [0.1, 0.15) is 0 Å². The highest BCUT2D eigenvalue weighted by atomic mass is 35.5. The molecule has 1 aromatic rings. The first-order valence-corrected chi connectivity index (χ1v) is 7.18. The predicted molar refractivity (Wildman–Crippen MR) is 76.6 cm³/mol. The van der Waals surface area contributed by atoms with E-state index in [1.54, 1.807) is 11.0 Å². The van der Waals surface area contributed by atoms with Gasteiger partial charge in [-0.15, -0.1) is 0 Å². The van der Waals surface area contributed by atoms with Crippen molar-refractivity contribution in [3.63, 3.8) is 0 Å². The minimum atomic E-state index is -0.0608. The summed E-state index contributed by atoms with van der Waals surface area (Å²) in [7, 11) is 0. The Labute approximate surface area is 119 Å². The monoisotopic (exact) mass is 281 g/mol. The second-order valence-corrected chi connectivity index (χ2v) is 5.64. The number of aliphatic hydroxyl groups excluding tert-OH is 1. The van der Waals surface area contributed by atoms with Crippen molar-refractivity contribution in [3.8, 4) is 0 Å². The summed E-state index contributed by atoms with van der Waals surface area (Å²) < 4.78 is 0. The molecular weight excluding hydrogens is 262 g/mol. The Bertz CT molecular complexity index is 441. The smallest absolute Gasteiger partial charge is 0.254 e. The van der Waals surface area contributed by atoms with Gasteiger partial charge in [0.15, 0.2) is 0 Å². The van der Waals surface area contributed by atoms with E-state index >= 15 is 0 Å². The fraction of sp³-hybridized carbons (Fsp3) is 0.533. The lowest BCUT2D eigenvalue weighted by Gasteiger charge is -2.28. The van der Waals surface area contributed by atoms with Crippen molar-refractivity contribution in [2.45, 2.75) is 38.6 Å². The van der Waals surface area contributed by atoms with E-state index < -0.39 is 0 Å². The molecule has 0 aliphatic carbocycles. The van der Waals surface area contributed by atoms with Crippen LogP contribution in [0, 0.1) is 6.92 Å². The van der Waals surface area contributed by atoms with Crippen molar-refractivity contribution in [1.29, 1.82) is 0 Å². The third-order valence-electron chi connectivity index (χ3n) is 3.64. The quantitative estimate of drug-likeness (QED) is 0.905. The molecule has 1 amide bonds. The van der Waals surface area contributed by atoms with Crippen LogP contribution in [0.3, 0.4) is 0 Å². The molecule has 1 N–H and O–H groups in total. The summed E-state index contributed by atoms with van der Waals surface area (Å²) in [5.41, 5.74) is 1.59. The largest absolute Gasteiger partial charge is 0.394 e. The number of aliphatic hydroxyl groups is 1. The highest BCUT2D eigenvalue weighted by Gasteiger charge is 2.25. The van der Waals surface area contributed by atoms with Gasteiger partial charge in [0.05, 0.1) is 12.6 Å². The standard InChI is InChI=1S/C15H20ClNO2/c1-11-7-12(9-13(16)8-11)15(19)17-6-4-2-3-5-14(17)10-18/h7-9,14,18H,2-6,10H2,1H3. The number of aryl methyl sites for hydroxylation is 1. The average Bonchev–Trinajstić information content (AvgIpc) is 2.61. The molecule has 0 spiro atoms. The molecule has 0 aromatic heterocycles. The van der Waals surface area contributed by atoms with Gasteiger partial charge in [-0.05, 0) is 43.5 Å². The number of benzene rings is 1. The maximum atomic E-state index is 12.6. The minimum Gasteiger partial charge on any atom is -0.394 e. The van der Waals surface area contributed by atoms with Gasteiger partial charge in [-0.2, -0.15) is 0 Å². The molecule has 1 saturated heterocycles. The average molecular weight is 282 g/mol. The van der Waals surface area contributed by atoms with Gasteiger partial charge in [0.2, 0.25) is 0 Å². The molecule has 2 rings (SSSR count). The SMILES string of the molecule is Cc1cc(Cl)cc(C(=O)N2CCCCCC2CO)c1. The van der Waals surface area contributed by atoms with Crippen molar-refractivity contribution < 1.29 is 9.90 Å². The lowest BCUT2D eigenvalue weighted by molar-refractivity contribution is 0.0599. The number of carbonyl (C=O) groups excluding carboxylic acids is 1. The van der Waals surface area contributed by atoms with Gasteiger partial charge in [-0.1, -0.05) is 24.4 Å². The van der Waals surface area contributed by atoms with Crippen LogP contribution in [-0.4, -0.2) is 35.1 Å². The zero-order valence-electron chi connectivity index (χ0n) is 11.2. The molecule has 1 aliphatic heterocycles. The molecule has 4 heteroatoms. The number of likely N-dealkylation sites (tertiary alicyclic amines) is 1. The Morgan fingerprint density at radius 1 is 1.37 bits per heavy atom. The minimum absolute atomic E-state index is 0.0217. The Kier molecular flexibility index (Phi) is 4.83. The second kappa shape index (κ2) is 6.40. The van der Waals surface area contributed by atoms with Crippen molar-refractivity contribution in [1.82, 2.24) is 4.90 Å². The Morgan fingerprint density at radius 3 is 2.84 bits per heavy atom. The van der Waals surface area contributed by atoms with Crippen LogP contribution in [0.15, 0.2) is 18.2 Å². The Morgan fingerprint density at radius 2 is 2.16 bits per heavy atom. The lowest BCUT2D eigenvalue weighted by Crippen LogP contribution is -2.42. The number of carbonyl (C=O) groups is 1. The van der Waals surface area contributed by atoms with Gasteiger partial charge in [0.25, 0.3) is 5.91 Å². The predicted octanol–water partition coefficient (Wildman–Crippen LogP) is 3.03. The molecule has 1 fully saturated rings. The molecule has 1 atom stereocenters. The first-order chi connectivity index (χ1) is 9.11. The van der Waals surface area contributed by atoms with Crippen molar-refractivity contribution >= 4 is 17.5 Å². The topological polar surface area (TPSA) is 40.5 Å². The zero-order chi connectivity index (χ0) is 13.8. The lowest BCUT2D eigenvalue weighted by atomic mass is 10.1. The molecule has 0 radical (unpaired) electrons. The van der Waals surface area contributed by atoms with Crippen molar-refractivity contribution in [2.75, 3.05) is 13.2 Å². The molecule has 104 valence electrons. The van der Waals surface area contributed by atoms with Crippen LogP contribution in [0.25, 0.3) is 0 Å². The summed E-state index contributed by atoms with van der Waals surface area (Å²) in [4.78, 5) is 14.4. The van der Waals surface area contributed by atoms with Crippen LogP contribution in [0.1, 0.15) is 41.6 Å². The zero-order valence-corrected chi connectivity index (χ0v) is 12.0. The third kappa shape index (κ3) is 3.48. The van der Waals surface area contributed by atoms with E-state index in [2.05, 4.69) is 0 Å². The van der Waals surface area contributed by atoms with Gasteiger partial charge in [0, 0.05) is 17.1 Å². The summed E-state index contributed by atoms with van der Waals surface area (Å²) >= 11 is 6.02. The van der Waals surface area contributed by atoms with Gasteiger partial charge in [-0.3, -0.25) is 4.79 Å². The first-order valence-electron chi connectivity index (χ1n) is 6.81. The number of hydrogen-bond acceptors (Lipinski definition) is 2. The maximum Gasteiger partial charge on any atom is 0.254 e. The number of hydrogen-bond donors (Lipinski definition) is 1. The molecule has 1 unspecified atom stereocenters. The molecule has 1 aromatic carbocycles. The summed E-state index contributed by atoms with van der Waals surface area (Å²) in [5.74, 6) is -0.0217. The molecule has 1 aliphatic rings. The van der Waals surface area contributed by atoms with Crippen molar-refractivity contribution in [3.05, 3.63) is 34.3 Å². The van der Waals surface area contributed by atoms with Crippen LogP contribution < -0.4 is 0 Å². The summed E-state index contributed by atoms with van der Waals surface area (Å²) in [5, 5.41) is 10.1. The highest BCUT2D eigenvalue weighted by molar-refractivity contribution is 6.31. The molecule has 3 nitrogen and oxygen atoms in total. The summed E-state index contributed by atoms with van der Waals surface area (Å²) in [6.45, 7) is 2.68. The van der Waals surface area contributed by atoms with Gasteiger partial charge < -0.3 is 10.0 Å². The van der Waals surface area contributed by atoms with E-state index in [0.29, 0.717) is 10.6 Å². The van der Waals surface area contributed by atoms with E-state index in [-0.39, 0.29) is 18.6 Å². The first kappa shape index (κ1) is 14.4. The number of rotatable bonds is 2. The van der Waals surface area contributed by atoms with E-state index in [9.17, 15) is 9.90 Å². The molecule has 1 heterocycles.